The van der Waals surface area contributed by atoms with Gasteiger partial charge in [0.15, 0.2) is 0 Å². The number of aryl methyl sites for hydroxylation is 2. The number of unbranched alkanes of at least 4 members (excludes halogenated alkanes) is 6. The molecule has 0 bridgehead atoms. The molecule has 172 valence electrons. The number of phenols is 2. The number of benzene rings is 1. The van der Waals surface area contributed by atoms with E-state index in [0.717, 1.165) is 62.5 Å². The van der Waals surface area contributed by atoms with E-state index >= 15 is 0 Å². The summed E-state index contributed by atoms with van der Waals surface area (Å²) in [6.45, 7) is 11.2. The maximum atomic E-state index is 10.5. The molecule has 1 rings (SSSR count). The molecule has 0 atom stereocenters. The fourth-order valence-corrected chi connectivity index (χ4v) is 3.81. The predicted octanol–water partition coefficient (Wildman–Crippen LogP) is 7.08. The SMILES string of the molecule is CC(C)(C)CCCCCCc1cc(CCCCCCC(C)(C)OC=O)c(O)cc1O. The Kier molecular flexibility index (Phi) is 11.3. The van der Waals surface area contributed by atoms with Gasteiger partial charge in [-0.2, -0.15) is 0 Å². The Morgan fingerprint density at radius 2 is 1.20 bits per heavy atom. The van der Waals surface area contributed by atoms with Gasteiger partial charge in [-0.1, -0.05) is 52.9 Å². The number of hydrogen-bond acceptors (Lipinski definition) is 4. The van der Waals surface area contributed by atoms with Gasteiger partial charge in [-0.25, -0.2) is 0 Å². The van der Waals surface area contributed by atoms with Crippen LogP contribution >= 0.6 is 0 Å². The Morgan fingerprint density at radius 1 is 0.733 bits per heavy atom. The third-order valence-electron chi connectivity index (χ3n) is 5.74. The molecule has 2 N–H and O–H groups in total. The van der Waals surface area contributed by atoms with Gasteiger partial charge in [0.2, 0.25) is 0 Å². The van der Waals surface area contributed by atoms with Crippen molar-refractivity contribution < 1.29 is 19.7 Å². The fraction of sp³-hybridized carbons (Fsp3) is 0.731. The molecule has 0 aliphatic heterocycles. The molecule has 1 aromatic rings. The minimum atomic E-state index is -0.390. The van der Waals surface area contributed by atoms with Crippen LogP contribution in [0.25, 0.3) is 0 Å². The van der Waals surface area contributed by atoms with Crippen molar-refractivity contribution in [2.45, 2.75) is 117 Å². The monoisotopic (exact) mass is 420 g/mol. The van der Waals surface area contributed by atoms with Gasteiger partial charge in [-0.05, 0) is 81.4 Å². The van der Waals surface area contributed by atoms with E-state index in [4.69, 9.17) is 4.74 Å². The van der Waals surface area contributed by atoms with E-state index in [1.54, 1.807) is 0 Å². The molecule has 0 radical (unpaired) electrons. The van der Waals surface area contributed by atoms with Gasteiger partial charge >= 0.3 is 0 Å². The summed E-state index contributed by atoms with van der Waals surface area (Å²) in [6, 6.07) is 3.49. The molecule has 4 nitrogen and oxygen atoms in total. The minimum Gasteiger partial charge on any atom is -0.508 e. The molecule has 1 aromatic carbocycles. The van der Waals surface area contributed by atoms with Gasteiger partial charge in [0.25, 0.3) is 6.47 Å². The fourth-order valence-electron chi connectivity index (χ4n) is 3.81. The number of aromatic hydroxyl groups is 2. The zero-order valence-corrected chi connectivity index (χ0v) is 19.9. The number of phenolic OH excluding ortho intramolecular Hbond substituents is 2. The Bertz CT molecular complexity index is 629. The summed E-state index contributed by atoms with van der Waals surface area (Å²) in [5.41, 5.74) is 1.90. The molecular weight excluding hydrogens is 376 g/mol. The summed E-state index contributed by atoms with van der Waals surface area (Å²) in [4.78, 5) is 10.5. The van der Waals surface area contributed by atoms with E-state index in [9.17, 15) is 15.0 Å². The topological polar surface area (TPSA) is 66.8 Å². The molecule has 0 amide bonds. The van der Waals surface area contributed by atoms with Crippen LogP contribution in [-0.2, 0) is 22.4 Å². The van der Waals surface area contributed by atoms with Crippen molar-refractivity contribution in [2.24, 2.45) is 5.41 Å². The first-order valence-corrected chi connectivity index (χ1v) is 11.7. The first-order valence-electron chi connectivity index (χ1n) is 11.7. The second-order valence-corrected chi connectivity index (χ2v) is 10.5. The van der Waals surface area contributed by atoms with Crippen LogP contribution in [0.2, 0.25) is 0 Å². The van der Waals surface area contributed by atoms with Crippen molar-refractivity contribution in [3.05, 3.63) is 23.3 Å². The van der Waals surface area contributed by atoms with Crippen molar-refractivity contribution >= 4 is 6.47 Å². The Balaban J connectivity index is 2.35. The molecule has 0 fully saturated rings. The molecule has 0 aromatic heterocycles. The zero-order chi connectivity index (χ0) is 22.6. The van der Waals surface area contributed by atoms with Crippen molar-refractivity contribution in [1.82, 2.24) is 0 Å². The maximum absolute atomic E-state index is 10.5. The van der Waals surface area contributed by atoms with Crippen LogP contribution in [0.4, 0.5) is 0 Å². The van der Waals surface area contributed by atoms with E-state index < -0.39 is 5.60 Å². The summed E-state index contributed by atoms with van der Waals surface area (Å²) in [6.07, 6.45) is 12.7. The van der Waals surface area contributed by atoms with Crippen LogP contribution in [0, 0.1) is 5.41 Å². The first-order chi connectivity index (χ1) is 14.0. The van der Waals surface area contributed by atoms with Crippen molar-refractivity contribution in [3.8, 4) is 11.5 Å². The van der Waals surface area contributed by atoms with Crippen LogP contribution in [0.15, 0.2) is 12.1 Å². The van der Waals surface area contributed by atoms with Crippen molar-refractivity contribution in [2.75, 3.05) is 0 Å². The lowest BCUT2D eigenvalue weighted by molar-refractivity contribution is -0.140. The smallest absolute Gasteiger partial charge is 0.293 e. The maximum Gasteiger partial charge on any atom is 0.293 e. The highest BCUT2D eigenvalue weighted by Crippen LogP contribution is 2.30. The summed E-state index contributed by atoms with van der Waals surface area (Å²) >= 11 is 0. The Morgan fingerprint density at radius 3 is 1.67 bits per heavy atom. The summed E-state index contributed by atoms with van der Waals surface area (Å²) < 4.78 is 5.08. The minimum absolute atomic E-state index is 0.196. The molecule has 0 aliphatic carbocycles. The normalized spacial score (nSPS) is 12.2. The third kappa shape index (κ3) is 11.5. The third-order valence-corrected chi connectivity index (χ3v) is 5.74. The van der Waals surface area contributed by atoms with Gasteiger partial charge in [-0.15, -0.1) is 0 Å². The summed E-state index contributed by atoms with van der Waals surface area (Å²) in [5, 5.41) is 20.4. The Labute approximate surface area is 184 Å². The van der Waals surface area contributed by atoms with Crippen molar-refractivity contribution in [3.63, 3.8) is 0 Å². The van der Waals surface area contributed by atoms with Crippen LogP contribution < -0.4 is 0 Å². The number of carbonyl (C=O) groups excluding carboxylic acids is 1. The van der Waals surface area contributed by atoms with Gasteiger partial charge < -0.3 is 14.9 Å². The van der Waals surface area contributed by atoms with E-state index in [2.05, 4.69) is 20.8 Å². The van der Waals surface area contributed by atoms with E-state index in [1.165, 1.54) is 31.7 Å². The average molecular weight is 421 g/mol. The predicted molar refractivity (Wildman–Crippen MR) is 124 cm³/mol. The summed E-state index contributed by atoms with van der Waals surface area (Å²) in [5.74, 6) is 0.408. The molecule has 4 heteroatoms. The second-order valence-electron chi connectivity index (χ2n) is 10.5. The van der Waals surface area contributed by atoms with Crippen LogP contribution in [0.1, 0.15) is 110 Å². The molecule has 0 unspecified atom stereocenters. The largest absolute Gasteiger partial charge is 0.508 e. The lowest BCUT2D eigenvalue weighted by atomic mass is 9.89. The molecule has 30 heavy (non-hydrogen) atoms. The van der Waals surface area contributed by atoms with Gasteiger partial charge in [0, 0.05) is 6.07 Å². The number of ether oxygens (including phenoxy) is 1. The van der Waals surface area contributed by atoms with E-state index in [1.807, 2.05) is 19.9 Å². The highest BCUT2D eigenvalue weighted by atomic mass is 16.5. The molecule has 0 aliphatic rings. The molecular formula is C26H44O4. The van der Waals surface area contributed by atoms with Crippen LogP contribution in [-0.4, -0.2) is 22.3 Å². The molecule has 0 saturated carbocycles. The number of carbonyl (C=O) groups is 1. The lowest BCUT2D eigenvalue weighted by Gasteiger charge is -2.22. The highest BCUT2D eigenvalue weighted by molar-refractivity contribution is 5.45. The molecule has 0 heterocycles. The molecule has 0 spiro atoms. The van der Waals surface area contributed by atoms with Gasteiger partial charge in [0.1, 0.15) is 17.1 Å². The van der Waals surface area contributed by atoms with Gasteiger partial charge in [0.05, 0.1) is 0 Å². The Hall–Kier alpha value is -1.71. The van der Waals surface area contributed by atoms with Crippen LogP contribution in [0.3, 0.4) is 0 Å². The standard InChI is InChI=1S/C26H44O4/c1-25(2,3)16-12-8-6-10-14-21-18-22(24(29)19-23(21)28)15-11-7-9-13-17-26(4,5)30-20-27/h18-20,28-29H,6-17H2,1-5H3. The van der Waals surface area contributed by atoms with Crippen LogP contribution in [0.5, 0.6) is 11.5 Å². The highest BCUT2D eigenvalue weighted by Gasteiger charge is 2.17. The quantitative estimate of drug-likeness (QED) is 0.235. The van der Waals surface area contributed by atoms with E-state index in [-0.39, 0.29) is 11.5 Å². The number of hydrogen-bond donors (Lipinski definition) is 2. The summed E-state index contributed by atoms with van der Waals surface area (Å²) in [7, 11) is 0. The second kappa shape index (κ2) is 12.9. The van der Waals surface area contributed by atoms with Crippen molar-refractivity contribution in [1.29, 1.82) is 0 Å². The van der Waals surface area contributed by atoms with E-state index in [0.29, 0.717) is 11.9 Å². The number of rotatable bonds is 15. The van der Waals surface area contributed by atoms with Gasteiger partial charge in [-0.3, -0.25) is 4.79 Å². The molecule has 0 saturated heterocycles. The average Bonchev–Trinajstić information content (AvgIpc) is 2.62. The lowest BCUT2D eigenvalue weighted by Crippen LogP contribution is -2.23. The zero-order valence-electron chi connectivity index (χ0n) is 19.9. The first kappa shape index (κ1) is 26.3.